The lowest BCUT2D eigenvalue weighted by molar-refractivity contribution is -0.137. The van der Waals surface area contributed by atoms with Gasteiger partial charge in [0.15, 0.2) is 11.5 Å². The molecule has 7 nitrogen and oxygen atoms in total. The molecule has 178 valence electrons. The fourth-order valence-electron chi connectivity index (χ4n) is 2.62. The largest absolute Gasteiger partial charge is 0.493 e. The zero-order chi connectivity index (χ0) is 24.4. The predicted molar refractivity (Wildman–Crippen MR) is 122 cm³/mol. The van der Waals surface area contributed by atoms with Crippen LogP contribution in [0.5, 0.6) is 11.5 Å². The number of alkyl halides is 3. The van der Waals surface area contributed by atoms with E-state index in [0.29, 0.717) is 28.1 Å². The Kier molecular flexibility index (Phi) is 9.71. The van der Waals surface area contributed by atoms with E-state index in [1.807, 2.05) is 6.92 Å². The van der Waals surface area contributed by atoms with Gasteiger partial charge in [0.1, 0.15) is 0 Å². The summed E-state index contributed by atoms with van der Waals surface area (Å²) in [5, 5.41) is 6.19. The molecule has 2 rings (SSSR count). The van der Waals surface area contributed by atoms with Crippen molar-refractivity contribution in [3.63, 3.8) is 0 Å². The van der Waals surface area contributed by atoms with Crippen molar-refractivity contribution in [1.82, 2.24) is 5.43 Å². The molecule has 0 spiro atoms. The highest BCUT2D eigenvalue weighted by atomic mass is 79.9. The minimum absolute atomic E-state index is 0.000795. The molecule has 11 heteroatoms. The first-order chi connectivity index (χ1) is 15.6. The van der Waals surface area contributed by atoms with Gasteiger partial charge >= 0.3 is 6.18 Å². The quantitative estimate of drug-likeness (QED) is 0.329. The average Bonchev–Trinajstić information content (AvgIpc) is 2.76. The maximum atomic E-state index is 12.7. The van der Waals surface area contributed by atoms with Crippen LogP contribution in [0.15, 0.2) is 46.0 Å². The third-order valence-corrected chi connectivity index (χ3v) is 4.75. The lowest BCUT2D eigenvalue weighted by Gasteiger charge is -2.12. The summed E-state index contributed by atoms with van der Waals surface area (Å²) in [6, 6.07) is 7.69. The van der Waals surface area contributed by atoms with Crippen LogP contribution in [-0.2, 0) is 15.8 Å². The molecule has 2 aromatic rings. The van der Waals surface area contributed by atoms with Crippen LogP contribution in [-0.4, -0.2) is 31.7 Å². The van der Waals surface area contributed by atoms with E-state index in [9.17, 15) is 22.8 Å². The van der Waals surface area contributed by atoms with E-state index in [2.05, 4.69) is 31.8 Å². The number of methoxy groups -OCH3 is 1. The molecule has 0 radical (unpaired) electrons. The lowest BCUT2D eigenvalue weighted by Crippen LogP contribution is -2.20. The number of hydrazone groups is 1. The molecule has 33 heavy (non-hydrogen) atoms. The van der Waals surface area contributed by atoms with Gasteiger partial charge in [0, 0.05) is 18.5 Å². The van der Waals surface area contributed by atoms with E-state index < -0.39 is 23.6 Å². The number of ether oxygens (including phenoxy) is 2. The van der Waals surface area contributed by atoms with Crippen molar-refractivity contribution in [2.24, 2.45) is 5.10 Å². The second kappa shape index (κ2) is 12.2. The molecular weight excluding hydrogens is 507 g/mol. The first kappa shape index (κ1) is 26.2. The van der Waals surface area contributed by atoms with E-state index >= 15 is 0 Å². The zero-order valence-corrected chi connectivity index (χ0v) is 19.5. The van der Waals surface area contributed by atoms with Crippen LogP contribution in [0, 0.1) is 0 Å². The van der Waals surface area contributed by atoms with E-state index in [1.54, 1.807) is 12.1 Å². The molecule has 0 aliphatic carbocycles. The van der Waals surface area contributed by atoms with Crippen LogP contribution in [0.2, 0.25) is 0 Å². The Hall–Kier alpha value is -3.08. The SMILES string of the molecule is CCCOc1c(Br)cc(C=NNC(=O)CCC(=O)Nc2cccc(C(F)(F)F)c2)cc1OC. The van der Waals surface area contributed by atoms with Crippen molar-refractivity contribution in [2.45, 2.75) is 32.4 Å². The average molecular weight is 530 g/mol. The molecule has 0 saturated heterocycles. The lowest BCUT2D eigenvalue weighted by atomic mass is 10.2. The van der Waals surface area contributed by atoms with Gasteiger partial charge in [0.2, 0.25) is 11.8 Å². The van der Waals surface area contributed by atoms with E-state index in [1.165, 1.54) is 25.5 Å². The van der Waals surface area contributed by atoms with Crippen LogP contribution in [0.3, 0.4) is 0 Å². The van der Waals surface area contributed by atoms with E-state index in [-0.39, 0.29) is 18.5 Å². The van der Waals surface area contributed by atoms with Gasteiger partial charge in [-0.2, -0.15) is 18.3 Å². The number of hydrogen-bond donors (Lipinski definition) is 2. The highest BCUT2D eigenvalue weighted by molar-refractivity contribution is 9.10. The molecule has 0 unspecified atom stereocenters. The van der Waals surface area contributed by atoms with Gasteiger partial charge < -0.3 is 14.8 Å². The monoisotopic (exact) mass is 529 g/mol. The van der Waals surface area contributed by atoms with Crippen molar-refractivity contribution < 1.29 is 32.2 Å². The second-order valence-electron chi connectivity index (χ2n) is 6.80. The fraction of sp³-hybridized carbons (Fsp3) is 0.318. The number of carbonyl (C=O) groups excluding carboxylic acids is 2. The predicted octanol–water partition coefficient (Wildman–Crippen LogP) is 5.13. The van der Waals surface area contributed by atoms with Crippen molar-refractivity contribution in [1.29, 1.82) is 0 Å². The Morgan fingerprint density at radius 3 is 2.55 bits per heavy atom. The van der Waals surface area contributed by atoms with Crippen LogP contribution < -0.4 is 20.2 Å². The fourth-order valence-corrected chi connectivity index (χ4v) is 3.19. The summed E-state index contributed by atoms with van der Waals surface area (Å²) in [4.78, 5) is 23.9. The molecule has 2 amide bonds. The molecule has 0 saturated carbocycles. The summed E-state index contributed by atoms with van der Waals surface area (Å²) in [6.45, 7) is 2.51. The number of carbonyl (C=O) groups is 2. The number of hydrogen-bond acceptors (Lipinski definition) is 5. The van der Waals surface area contributed by atoms with E-state index in [4.69, 9.17) is 9.47 Å². The molecule has 0 heterocycles. The Labute approximate surface area is 197 Å². The van der Waals surface area contributed by atoms with Crippen molar-refractivity contribution in [3.8, 4) is 11.5 Å². The number of nitrogens with one attached hydrogen (secondary N) is 2. The standard InChI is InChI=1S/C22H23BrF3N3O4/c1-3-9-33-21-17(23)10-14(11-18(21)32-2)13-27-29-20(31)8-7-19(30)28-16-6-4-5-15(12-16)22(24,25)26/h4-6,10-13H,3,7-9H2,1-2H3,(H,28,30)(H,29,31). The van der Waals surface area contributed by atoms with Gasteiger partial charge in [0.25, 0.3) is 0 Å². The summed E-state index contributed by atoms with van der Waals surface area (Å²) in [7, 11) is 1.51. The summed E-state index contributed by atoms with van der Waals surface area (Å²) >= 11 is 3.41. The number of rotatable bonds is 10. The topological polar surface area (TPSA) is 89.0 Å². The van der Waals surface area contributed by atoms with Crippen LogP contribution in [0.4, 0.5) is 18.9 Å². The zero-order valence-electron chi connectivity index (χ0n) is 18.0. The molecule has 0 bridgehead atoms. The van der Waals surface area contributed by atoms with Gasteiger partial charge in [-0.05, 0) is 58.2 Å². The molecule has 2 N–H and O–H groups in total. The first-order valence-corrected chi connectivity index (χ1v) is 10.7. The maximum absolute atomic E-state index is 12.7. The number of benzene rings is 2. The normalized spacial score (nSPS) is 11.3. The summed E-state index contributed by atoms with van der Waals surface area (Å²) in [5.41, 5.74) is 2.05. The summed E-state index contributed by atoms with van der Waals surface area (Å²) in [5.74, 6) is -0.0617. The van der Waals surface area contributed by atoms with Gasteiger partial charge in [-0.15, -0.1) is 0 Å². The van der Waals surface area contributed by atoms with Gasteiger partial charge in [-0.25, -0.2) is 5.43 Å². The van der Waals surface area contributed by atoms with Crippen LogP contribution in [0.25, 0.3) is 0 Å². The number of anilines is 1. The molecular formula is C22H23BrF3N3O4. The second-order valence-corrected chi connectivity index (χ2v) is 7.66. The van der Waals surface area contributed by atoms with Gasteiger partial charge in [-0.3, -0.25) is 9.59 Å². The summed E-state index contributed by atoms with van der Waals surface area (Å²) in [6.07, 6.45) is -2.69. The molecule has 0 aromatic heterocycles. The minimum Gasteiger partial charge on any atom is -0.493 e. The summed E-state index contributed by atoms with van der Waals surface area (Å²) < 4.78 is 49.8. The Morgan fingerprint density at radius 1 is 1.15 bits per heavy atom. The van der Waals surface area contributed by atoms with Crippen molar-refractivity contribution in [3.05, 3.63) is 52.0 Å². The maximum Gasteiger partial charge on any atom is 0.416 e. The Balaban J connectivity index is 1.86. The Morgan fingerprint density at radius 2 is 1.88 bits per heavy atom. The van der Waals surface area contributed by atoms with Gasteiger partial charge in [0.05, 0.1) is 30.0 Å². The third-order valence-electron chi connectivity index (χ3n) is 4.16. The van der Waals surface area contributed by atoms with E-state index in [0.717, 1.165) is 18.6 Å². The number of nitrogens with zero attached hydrogens (tertiary/aromatic N) is 1. The number of amides is 2. The minimum atomic E-state index is -4.51. The molecule has 0 fully saturated rings. The van der Waals surface area contributed by atoms with Crippen LogP contribution in [0.1, 0.15) is 37.3 Å². The third kappa shape index (κ3) is 8.41. The van der Waals surface area contributed by atoms with Crippen molar-refractivity contribution in [2.75, 3.05) is 19.0 Å². The molecule has 2 aromatic carbocycles. The number of halogens is 4. The Bertz CT molecular complexity index is 1010. The first-order valence-electron chi connectivity index (χ1n) is 9.93. The van der Waals surface area contributed by atoms with Crippen LogP contribution >= 0.6 is 15.9 Å². The highest BCUT2D eigenvalue weighted by Gasteiger charge is 2.30. The smallest absolute Gasteiger partial charge is 0.416 e. The van der Waals surface area contributed by atoms with Crippen molar-refractivity contribution >= 4 is 39.6 Å². The molecule has 0 aliphatic heterocycles. The van der Waals surface area contributed by atoms with Gasteiger partial charge in [-0.1, -0.05) is 13.0 Å². The molecule has 0 aliphatic rings. The molecule has 0 atom stereocenters. The highest BCUT2D eigenvalue weighted by Crippen LogP contribution is 2.36.